The Bertz CT molecular complexity index is 2890. The Balaban J connectivity index is 1.34. The van der Waals surface area contributed by atoms with E-state index in [1.165, 1.54) is 16.2 Å². The zero-order chi connectivity index (χ0) is 32.3. The van der Waals surface area contributed by atoms with Gasteiger partial charge >= 0.3 is 0 Å². The van der Waals surface area contributed by atoms with E-state index in [1.807, 2.05) is 18.2 Å². The number of furan rings is 1. The maximum Gasteiger partial charge on any atom is 0.161 e. The molecule has 10 rings (SSSR count). The van der Waals surface area contributed by atoms with Crippen LogP contribution in [0, 0.1) is 0 Å². The van der Waals surface area contributed by atoms with Crippen LogP contribution in [-0.4, -0.2) is 9.97 Å². The predicted molar refractivity (Wildman–Crippen MR) is 204 cm³/mol. The Labute approximate surface area is 282 Å². The minimum atomic E-state index is 0.692. The lowest BCUT2D eigenvalue weighted by atomic mass is 9.92. The smallest absolute Gasteiger partial charge is 0.161 e. The lowest BCUT2D eigenvalue weighted by Crippen LogP contribution is -1.99. The van der Waals surface area contributed by atoms with Gasteiger partial charge in [-0.05, 0) is 67.7 Å². The van der Waals surface area contributed by atoms with Gasteiger partial charge in [0.05, 0.1) is 11.4 Å². The van der Waals surface area contributed by atoms with Crippen molar-refractivity contribution in [1.29, 1.82) is 0 Å². The van der Waals surface area contributed by atoms with E-state index in [1.54, 1.807) is 0 Å². The van der Waals surface area contributed by atoms with Gasteiger partial charge in [0.2, 0.25) is 0 Å². The number of para-hydroxylation sites is 1. The SMILES string of the molecule is c1ccc(-c2ccccc2-c2cc(-c3cccc4oc5ccccc5c34)nc(-c3c4ccccc4cc4c3ccc3ccccc34)n2)cc1. The Hall–Kier alpha value is -6.58. The molecule has 49 heavy (non-hydrogen) atoms. The van der Waals surface area contributed by atoms with Crippen LogP contribution in [-0.2, 0) is 0 Å². The van der Waals surface area contributed by atoms with Gasteiger partial charge in [0.15, 0.2) is 5.82 Å². The van der Waals surface area contributed by atoms with Gasteiger partial charge in [-0.2, -0.15) is 0 Å². The molecule has 0 amide bonds. The molecule has 0 fully saturated rings. The number of hydrogen-bond donors (Lipinski definition) is 0. The van der Waals surface area contributed by atoms with Crippen molar-refractivity contribution in [2.24, 2.45) is 0 Å². The van der Waals surface area contributed by atoms with Crippen molar-refractivity contribution in [2.75, 3.05) is 0 Å². The molecule has 3 heteroatoms. The molecule has 0 saturated heterocycles. The minimum absolute atomic E-state index is 0.692. The summed E-state index contributed by atoms with van der Waals surface area (Å²) in [5.74, 6) is 0.692. The van der Waals surface area contributed by atoms with Gasteiger partial charge in [0.1, 0.15) is 11.2 Å². The van der Waals surface area contributed by atoms with Gasteiger partial charge in [-0.3, -0.25) is 0 Å². The van der Waals surface area contributed by atoms with Crippen LogP contribution in [0.15, 0.2) is 174 Å². The molecule has 0 unspecified atom stereocenters. The van der Waals surface area contributed by atoms with Crippen LogP contribution >= 0.6 is 0 Å². The van der Waals surface area contributed by atoms with Gasteiger partial charge in [-0.1, -0.05) is 146 Å². The fourth-order valence-corrected chi connectivity index (χ4v) is 7.46. The van der Waals surface area contributed by atoms with Crippen LogP contribution in [0.2, 0.25) is 0 Å². The van der Waals surface area contributed by atoms with Crippen molar-refractivity contribution in [2.45, 2.75) is 0 Å². The average molecular weight is 625 g/mol. The third-order valence-corrected chi connectivity index (χ3v) is 9.69. The maximum absolute atomic E-state index is 6.33. The molecule has 10 aromatic rings. The molecule has 0 saturated carbocycles. The molecule has 0 N–H and O–H groups in total. The first-order chi connectivity index (χ1) is 24.3. The third-order valence-electron chi connectivity index (χ3n) is 9.69. The molecule has 2 heterocycles. The summed E-state index contributed by atoms with van der Waals surface area (Å²) < 4.78 is 6.33. The third kappa shape index (κ3) is 4.44. The average Bonchev–Trinajstić information content (AvgIpc) is 3.56. The molecular formula is C46H28N2O. The molecule has 0 radical (unpaired) electrons. The van der Waals surface area contributed by atoms with E-state index in [9.17, 15) is 0 Å². The zero-order valence-electron chi connectivity index (χ0n) is 26.5. The number of fused-ring (bicyclic) bond motifs is 7. The van der Waals surface area contributed by atoms with Crippen molar-refractivity contribution in [3.05, 3.63) is 170 Å². The van der Waals surface area contributed by atoms with Crippen molar-refractivity contribution >= 4 is 54.3 Å². The summed E-state index contributed by atoms with van der Waals surface area (Å²) in [7, 11) is 0. The van der Waals surface area contributed by atoms with Crippen molar-refractivity contribution in [1.82, 2.24) is 9.97 Å². The Morgan fingerprint density at radius 2 is 1.00 bits per heavy atom. The number of rotatable bonds is 4. The van der Waals surface area contributed by atoms with Crippen molar-refractivity contribution in [3.8, 4) is 45.0 Å². The summed E-state index contributed by atoms with van der Waals surface area (Å²) in [4.78, 5) is 10.9. The van der Waals surface area contributed by atoms with Gasteiger partial charge in [-0.15, -0.1) is 0 Å². The largest absolute Gasteiger partial charge is 0.456 e. The van der Waals surface area contributed by atoms with E-state index in [2.05, 4.69) is 152 Å². The van der Waals surface area contributed by atoms with Gasteiger partial charge in [0.25, 0.3) is 0 Å². The summed E-state index contributed by atoms with van der Waals surface area (Å²) in [6.07, 6.45) is 0. The molecule has 0 aliphatic rings. The van der Waals surface area contributed by atoms with Crippen molar-refractivity contribution < 1.29 is 4.42 Å². The lowest BCUT2D eigenvalue weighted by molar-refractivity contribution is 0.669. The van der Waals surface area contributed by atoms with E-state index in [0.717, 1.165) is 77.3 Å². The second-order valence-corrected chi connectivity index (χ2v) is 12.5. The number of aromatic nitrogens is 2. The van der Waals surface area contributed by atoms with E-state index < -0.39 is 0 Å². The highest BCUT2D eigenvalue weighted by molar-refractivity contribution is 6.19. The summed E-state index contributed by atoms with van der Waals surface area (Å²) in [5.41, 5.74) is 8.78. The number of hydrogen-bond acceptors (Lipinski definition) is 3. The van der Waals surface area contributed by atoms with Crippen LogP contribution in [0.3, 0.4) is 0 Å². The van der Waals surface area contributed by atoms with E-state index in [-0.39, 0.29) is 0 Å². The summed E-state index contributed by atoms with van der Waals surface area (Å²) in [6.45, 7) is 0. The topological polar surface area (TPSA) is 38.9 Å². The zero-order valence-corrected chi connectivity index (χ0v) is 26.5. The predicted octanol–water partition coefficient (Wildman–Crippen LogP) is 12.5. The lowest BCUT2D eigenvalue weighted by Gasteiger charge is -2.16. The fraction of sp³-hybridized carbons (Fsp3) is 0. The molecule has 0 aliphatic carbocycles. The Kier molecular flexibility index (Phi) is 6.18. The monoisotopic (exact) mass is 624 g/mol. The molecule has 8 aromatic carbocycles. The second-order valence-electron chi connectivity index (χ2n) is 12.5. The quantitative estimate of drug-likeness (QED) is 0.144. The van der Waals surface area contributed by atoms with Gasteiger partial charge in [0, 0.05) is 27.5 Å². The first-order valence-electron chi connectivity index (χ1n) is 16.6. The van der Waals surface area contributed by atoms with E-state index in [4.69, 9.17) is 14.4 Å². The highest BCUT2D eigenvalue weighted by atomic mass is 16.3. The van der Waals surface area contributed by atoms with Crippen LogP contribution in [0.5, 0.6) is 0 Å². The molecule has 0 bridgehead atoms. The van der Waals surface area contributed by atoms with E-state index in [0.29, 0.717) is 5.82 Å². The number of benzene rings is 8. The summed E-state index contributed by atoms with van der Waals surface area (Å²) in [5, 5.41) is 9.15. The first-order valence-corrected chi connectivity index (χ1v) is 16.6. The molecule has 2 aromatic heterocycles. The first kappa shape index (κ1) is 27.5. The molecule has 228 valence electrons. The van der Waals surface area contributed by atoms with Crippen LogP contribution < -0.4 is 0 Å². The Morgan fingerprint density at radius 1 is 0.367 bits per heavy atom. The Morgan fingerprint density at radius 3 is 1.86 bits per heavy atom. The van der Waals surface area contributed by atoms with Crippen LogP contribution in [0.1, 0.15) is 0 Å². The second kappa shape index (κ2) is 11.0. The summed E-state index contributed by atoms with van der Waals surface area (Å²) in [6, 6.07) is 59.6. The van der Waals surface area contributed by atoms with Crippen LogP contribution in [0.25, 0.3) is 99.3 Å². The minimum Gasteiger partial charge on any atom is -0.456 e. The molecule has 0 spiro atoms. The maximum atomic E-state index is 6.33. The van der Waals surface area contributed by atoms with Crippen molar-refractivity contribution in [3.63, 3.8) is 0 Å². The van der Waals surface area contributed by atoms with Crippen LogP contribution in [0.4, 0.5) is 0 Å². The summed E-state index contributed by atoms with van der Waals surface area (Å²) >= 11 is 0. The normalized spacial score (nSPS) is 11.7. The highest BCUT2D eigenvalue weighted by Gasteiger charge is 2.20. The van der Waals surface area contributed by atoms with E-state index >= 15 is 0 Å². The molecule has 0 atom stereocenters. The molecular weight excluding hydrogens is 597 g/mol. The number of nitrogens with zero attached hydrogens (tertiary/aromatic N) is 2. The fourth-order valence-electron chi connectivity index (χ4n) is 7.46. The van der Waals surface area contributed by atoms with Gasteiger partial charge < -0.3 is 4.42 Å². The molecule has 3 nitrogen and oxygen atoms in total. The highest BCUT2D eigenvalue weighted by Crippen LogP contribution is 2.42. The standard InChI is InChI=1S/C46H28N2O/c1-2-13-29(14-3-1)32-17-8-9-20-35(32)40-28-41(37-22-12-24-43-44(37)38-21-10-11-23-42(38)49-43)48-46(47-40)45-34-19-7-5-16-31(34)27-39-33-18-6-4-15-30(33)25-26-36(39)45/h1-28H. The molecule has 0 aliphatic heterocycles. The van der Waals surface area contributed by atoms with Gasteiger partial charge in [-0.25, -0.2) is 9.97 Å².